The summed E-state index contributed by atoms with van der Waals surface area (Å²) in [5.74, 6) is 1.31. The van der Waals surface area contributed by atoms with Crippen LogP contribution in [0.3, 0.4) is 0 Å². The molecule has 4 heterocycles. The minimum Gasteiger partial charge on any atom is -0.455 e. The zero-order valence-electron chi connectivity index (χ0n) is 62.0. The predicted molar refractivity (Wildman–Crippen MR) is 468 cm³/mol. The van der Waals surface area contributed by atoms with Crippen molar-refractivity contribution in [2.45, 2.75) is 19.3 Å². The van der Waals surface area contributed by atoms with E-state index in [1.165, 1.54) is 55.3 Å². The molecule has 21 aromatic rings. The monoisotopic (exact) mass is 1450 g/mol. The first kappa shape index (κ1) is 66.4. The van der Waals surface area contributed by atoms with Crippen LogP contribution in [0.1, 0.15) is 25.0 Å². The van der Waals surface area contributed by atoms with Crippen molar-refractivity contribution in [2.24, 2.45) is 0 Å². The second-order valence-electron chi connectivity index (χ2n) is 29.6. The van der Waals surface area contributed by atoms with E-state index in [2.05, 4.69) is 394 Å². The average Bonchev–Trinajstić information content (AvgIpc) is 1.40. The van der Waals surface area contributed by atoms with Crippen molar-refractivity contribution in [3.63, 3.8) is 0 Å². The fourth-order valence-corrected chi connectivity index (χ4v) is 16.9. The number of aromatic nitrogens is 4. The van der Waals surface area contributed by atoms with Gasteiger partial charge in [0.05, 0.1) is 22.4 Å². The summed E-state index contributed by atoms with van der Waals surface area (Å²) in [4.78, 5) is 25.7. The lowest BCUT2D eigenvalue weighted by atomic mass is 9.82. The molecule has 532 valence electrons. The fraction of sp³-hybridized carbons (Fsp3) is 0.0286. The van der Waals surface area contributed by atoms with Gasteiger partial charge in [-0.3, -0.25) is 0 Å². The van der Waals surface area contributed by atoms with Crippen LogP contribution in [0.25, 0.3) is 166 Å². The van der Waals surface area contributed by atoms with Crippen LogP contribution in [0.5, 0.6) is 0 Å². The fourth-order valence-electron chi connectivity index (χ4n) is 16.9. The lowest BCUT2D eigenvalue weighted by Gasteiger charge is -2.28. The first-order valence-corrected chi connectivity index (χ1v) is 38.4. The van der Waals surface area contributed by atoms with E-state index in [-0.39, 0.29) is 5.41 Å². The smallest absolute Gasteiger partial charge is 0.160 e. The maximum Gasteiger partial charge on any atom is 0.160 e. The van der Waals surface area contributed by atoms with E-state index in [1.807, 2.05) is 18.2 Å². The molecule has 0 bridgehead atoms. The maximum absolute atomic E-state index is 6.70. The van der Waals surface area contributed by atoms with Gasteiger partial charge in [0.15, 0.2) is 11.6 Å². The van der Waals surface area contributed by atoms with Crippen molar-refractivity contribution >= 4 is 121 Å². The Hall–Kier alpha value is -14.9. The van der Waals surface area contributed by atoms with Gasteiger partial charge in [-0.15, -0.1) is 0 Å². The molecule has 0 N–H and O–H groups in total. The highest BCUT2D eigenvalue weighted by atomic mass is 16.3. The van der Waals surface area contributed by atoms with Crippen LogP contribution in [-0.4, -0.2) is 19.9 Å². The van der Waals surface area contributed by atoms with Gasteiger partial charge in [-0.05, 0) is 187 Å². The van der Waals surface area contributed by atoms with Gasteiger partial charge < -0.3 is 18.6 Å². The normalized spacial score (nSPS) is 12.2. The molecule has 0 fully saturated rings. The molecular weight excluding hydrogens is 1380 g/mol. The number of hydrogen-bond acceptors (Lipinski definition) is 8. The third-order valence-corrected chi connectivity index (χ3v) is 22.5. The van der Waals surface area contributed by atoms with Crippen molar-refractivity contribution in [1.82, 2.24) is 19.9 Å². The molecule has 0 radical (unpaired) electrons. The van der Waals surface area contributed by atoms with Crippen LogP contribution < -0.4 is 9.80 Å². The molecule has 0 saturated carbocycles. The van der Waals surface area contributed by atoms with Crippen molar-refractivity contribution in [2.75, 3.05) is 9.80 Å². The standard InChI is InChI=1S/C54H35N3O.C51H35N3O/c1-3-13-36(14-4-1)38-25-29-43(30-26-38)57(44-31-27-39(28-32-44)37-15-5-2-6-16-37)45-20-11-19-42(33-45)54-55-50-24-10-9-21-47(50)52(56-54)48-23-12-22-46-49-34-40-17-7-8-18-41(40)35-51(49)58-53(46)48;1-51(2)44-24-10-8-20-38(44)39-27-26-37(31-45(39)51)54(35-17-4-3-5-18-35)36-19-12-16-34(28-36)50-52-46-25-11-9-21-41(46)48(53-50)42-23-13-22-40-43-29-32-14-6-7-15-33(32)30-47(43)55-49(40)42/h1-35H;3-31H,1-2H3. The summed E-state index contributed by atoms with van der Waals surface area (Å²) in [6.45, 7) is 4.66. The summed E-state index contributed by atoms with van der Waals surface area (Å²) in [6.07, 6.45) is 0. The average molecular weight is 1450 g/mol. The number of furan rings is 2. The van der Waals surface area contributed by atoms with E-state index in [4.69, 9.17) is 28.8 Å². The number of hydrogen-bond donors (Lipinski definition) is 0. The minimum absolute atomic E-state index is 0.113. The Morgan fingerprint density at radius 3 is 1.08 bits per heavy atom. The van der Waals surface area contributed by atoms with E-state index in [9.17, 15) is 0 Å². The maximum atomic E-state index is 6.70. The molecule has 0 amide bonds. The van der Waals surface area contributed by atoms with E-state index >= 15 is 0 Å². The van der Waals surface area contributed by atoms with Crippen LogP contribution in [0.4, 0.5) is 34.1 Å². The highest BCUT2D eigenvalue weighted by Crippen LogP contribution is 2.52. The zero-order chi connectivity index (χ0) is 75.1. The largest absolute Gasteiger partial charge is 0.455 e. The number of benzene rings is 17. The van der Waals surface area contributed by atoms with Gasteiger partial charge >= 0.3 is 0 Å². The second-order valence-corrected chi connectivity index (χ2v) is 29.6. The molecule has 8 heteroatoms. The molecule has 113 heavy (non-hydrogen) atoms. The molecule has 4 aromatic heterocycles. The van der Waals surface area contributed by atoms with Crippen molar-refractivity contribution in [3.8, 4) is 78.7 Å². The topological polar surface area (TPSA) is 84.3 Å². The Kier molecular flexibility index (Phi) is 16.1. The van der Waals surface area contributed by atoms with Gasteiger partial charge in [-0.1, -0.05) is 281 Å². The van der Waals surface area contributed by atoms with E-state index in [0.717, 1.165) is 144 Å². The molecule has 1 aliphatic rings. The summed E-state index contributed by atoms with van der Waals surface area (Å²) < 4.78 is 13.4. The minimum atomic E-state index is -0.113. The SMILES string of the molecule is CC1(C)c2ccccc2-c2ccc(N(c3ccccc3)c3cccc(-c4nc(-c5cccc6c5oc5cc7ccccc7cc56)c5ccccc5n4)c3)cc21.c1ccc(-c2ccc(N(c3ccc(-c4ccccc4)cc3)c3cccc(-c4nc(-c5cccc6c5oc5cc7ccccc7cc56)c5ccccc5n4)c3)cc2)cc1. The Morgan fingerprint density at radius 2 is 0.575 bits per heavy atom. The Bertz CT molecular complexity index is 7190. The Morgan fingerprint density at radius 1 is 0.230 bits per heavy atom. The van der Waals surface area contributed by atoms with Gasteiger partial charge in [0.1, 0.15) is 22.3 Å². The van der Waals surface area contributed by atoms with Crippen LogP contribution in [-0.2, 0) is 5.41 Å². The van der Waals surface area contributed by atoms with Gasteiger partial charge in [-0.25, -0.2) is 19.9 Å². The van der Waals surface area contributed by atoms with Gasteiger partial charge in [-0.2, -0.15) is 0 Å². The molecular formula is C105H70N6O2. The van der Waals surface area contributed by atoms with Crippen molar-refractivity contribution in [1.29, 1.82) is 0 Å². The predicted octanol–water partition coefficient (Wildman–Crippen LogP) is 28.6. The van der Waals surface area contributed by atoms with Gasteiger partial charge in [0, 0.05) is 94.1 Å². The quantitative estimate of drug-likeness (QED) is 0.120. The molecule has 0 atom stereocenters. The van der Waals surface area contributed by atoms with Gasteiger partial charge in [0.2, 0.25) is 0 Å². The zero-order valence-corrected chi connectivity index (χ0v) is 62.0. The first-order chi connectivity index (χ1) is 55.7. The molecule has 17 aromatic carbocycles. The third-order valence-electron chi connectivity index (χ3n) is 22.5. The Balaban J connectivity index is 0.000000142. The van der Waals surface area contributed by atoms with E-state index in [1.54, 1.807) is 0 Å². The molecule has 0 spiro atoms. The highest BCUT2D eigenvalue weighted by molar-refractivity contribution is 6.16. The van der Waals surface area contributed by atoms with Crippen LogP contribution >= 0.6 is 0 Å². The third kappa shape index (κ3) is 11.8. The molecule has 1 aliphatic carbocycles. The molecule has 0 saturated heterocycles. The van der Waals surface area contributed by atoms with Crippen molar-refractivity contribution in [3.05, 3.63) is 399 Å². The molecule has 0 aliphatic heterocycles. The van der Waals surface area contributed by atoms with E-state index < -0.39 is 0 Å². The van der Waals surface area contributed by atoms with Crippen molar-refractivity contribution < 1.29 is 8.83 Å². The molecule has 22 rings (SSSR count). The lowest BCUT2D eigenvalue weighted by Crippen LogP contribution is -2.16. The van der Waals surface area contributed by atoms with Gasteiger partial charge in [0.25, 0.3) is 0 Å². The second kappa shape index (κ2) is 27.4. The highest BCUT2D eigenvalue weighted by Gasteiger charge is 2.36. The summed E-state index contributed by atoms with van der Waals surface area (Å²) >= 11 is 0. The molecule has 0 unspecified atom stereocenters. The van der Waals surface area contributed by atoms with E-state index in [0.29, 0.717) is 11.6 Å². The summed E-state index contributed by atoms with van der Waals surface area (Å²) in [6, 6.07) is 137. The van der Waals surface area contributed by atoms with Crippen LogP contribution in [0, 0.1) is 0 Å². The Labute approximate surface area is 653 Å². The number of rotatable bonds is 12. The summed E-state index contributed by atoms with van der Waals surface area (Å²) in [5, 5.41) is 11.0. The summed E-state index contributed by atoms with van der Waals surface area (Å²) in [7, 11) is 0. The lowest BCUT2D eigenvalue weighted by molar-refractivity contribution is 0.660. The first-order valence-electron chi connectivity index (χ1n) is 38.4. The van der Waals surface area contributed by atoms with Crippen LogP contribution in [0.15, 0.2) is 397 Å². The molecule has 8 nitrogen and oxygen atoms in total. The number of para-hydroxylation sites is 5. The number of anilines is 6. The number of nitrogens with zero attached hydrogens (tertiary/aromatic N) is 6. The number of fused-ring (bicyclic) bond motifs is 13. The summed E-state index contributed by atoms with van der Waals surface area (Å²) in [5.41, 5.74) is 26.8. The van der Waals surface area contributed by atoms with Crippen LogP contribution in [0.2, 0.25) is 0 Å².